The van der Waals surface area contributed by atoms with E-state index in [1.807, 2.05) is 5.38 Å². The molecule has 2 aromatic heterocycles. The summed E-state index contributed by atoms with van der Waals surface area (Å²) in [6.07, 6.45) is 1.40. The molecular formula is C25H15ClF3N3OS. The van der Waals surface area contributed by atoms with Gasteiger partial charge in [0.05, 0.1) is 15.2 Å². The van der Waals surface area contributed by atoms with Crippen LogP contribution >= 0.6 is 22.9 Å². The van der Waals surface area contributed by atoms with Gasteiger partial charge in [0.1, 0.15) is 24.5 Å². The first-order chi connectivity index (χ1) is 16.5. The van der Waals surface area contributed by atoms with E-state index in [0.29, 0.717) is 44.5 Å². The number of hydrogen-bond acceptors (Lipinski definition) is 5. The van der Waals surface area contributed by atoms with Crippen LogP contribution in [-0.4, -0.2) is 9.97 Å². The summed E-state index contributed by atoms with van der Waals surface area (Å²) >= 11 is 7.77. The molecule has 0 radical (unpaired) electrons. The summed E-state index contributed by atoms with van der Waals surface area (Å²) < 4.78 is 46.9. The van der Waals surface area contributed by atoms with E-state index in [1.165, 1.54) is 35.9 Å². The van der Waals surface area contributed by atoms with Gasteiger partial charge in [-0.1, -0.05) is 29.8 Å². The lowest BCUT2D eigenvalue weighted by molar-refractivity contribution is 0.306. The van der Waals surface area contributed by atoms with Gasteiger partial charge < -0.3 is 10.1 Å². The molecule has 0 aliphatic carbocycles. The van der Waals surface area contributed by atoms with Gasteiger partial charge in [0, 0.05) is 16.6 Å². The Bertz CT molecular complexity index is 1510. The highest BCUT2D eigenvalue weighted by Gasteiger charge is 2.14. The molecule has 9 heteroatoms. The Balaban J connectivity index is 1.37. The monoisotopic (exact) mass is 497 g/mol. The summed E-state index contributed by atoms with van der Waals surface area (Å²) in [6.45, 7) is 0.179. The van der Waals surface area contributed by atoms with Crippen LogP contribution in [0.1, 0.15) is 5.56 Å². The molecule has 5 aromatic rings. The zero-order chi connectivity index (χ0) is 23.7. The number of nitrogens with zero attached hydrogens (tertiary/aromatic N) is 2. The van der Waals surface area contributed by atoms with E-state index in [2.05, 4.69) is 15.3 Å². The van der Waals surface area contributed by atoms with Gasteiger partial charge in [-0.25, -0.2) is 23.1 Å². The molecule has 0 saturated heterocycles. The number of anilines is 2. The second-order valence-corrected chi connectivity index (χ2v) is 8.65. The standard InChI is InChI=1S/C25H15ClF3N3OS/c26-19-10-17(5-7-22(19)33-11-14-2-1-3-16(27)8-14)32-25-24-23(30-13-31-25)18(12-34-24)15-4-6-20(28)21(29)9-15/h1-10,12-13H,11H2,(H,30,31,32). The summed E-state index contributed by atoms with van der Waals surface area (Å²) in [5.41, 5.74) is 3.19. The van der Waals surface area contributed by atoms with Gasteiger partial charge in [0.2, 0.25) is 0 Å². The summed E-state index contributed by atoms with van der Waals surface area (Å²) in [7, 11) is 0. The van der Waals surface area contributed by atoms with Gasteiger partial charge in [-0.15, -0.1) is 11.3 Å². The zero-order valence-electron chi connectivity index (χ0n) is 17.4. The molecule has 0 atom stereocenters. The fraction of sp³-hybridized carbons (Fsp3) is 0.0400. The topological polar surface area (TPSA) is 47.0 Å². The van der Waals surface area contributed by atoms with Crippen molar-refractivity contribution >= 4 is 44.7 Å². The Labute approximate surface area is 201 Å². The molecule has 0 spiro atoms. The largest absolute Gasteiger partial charge is 0.487 e. The Morgan fingerprint density at radius 2 is 1.82 bits per heavy atom. The van der Waals surface area contributed by atoms with Crippen molar-refractivity contribution in [1.82, 2.24) is 9.97 Å². The lowest BCUT2D eigenvalue weighted by Crippen LogP contribution is -1.98. The van der Waals surface area contributed by atoms with Crippen molar-refractivity contribution in [1.29, 1.82) is 0 Å². The third kappa shape index (κ3) is 4.55. The molecule has 0 saturated carbocycles. The molecule has 0 bridgehead atoms. The molecule has 0 amide bonds. The molecule has 170 valence electrons. The Hall–Kier alpha value is -3.62. The smallest absolute Gasteiger partial charge is 0.159 e. The van der Waals surface area contributed by atoms with Crippen molar-refractivity contribution in [3.63, 3.8) is 0 Å². The predicted octanol–water partition coefficient (Wildman–Crippen LogP) is 7.75. The average Bonchev–Trinajstić information content (AvgIpc) is 3.26. The van der Waals surface area contributed by atoms with Gasteiger partial charge in [-0.05, 0) is 53.6 Å². The van der Waals surface area contributed by atoms with Crippen LogP contribution in [0.3, 0.4) is 0 Å². The molecule has 0 unspecified atom stereocenters. The first-order valence-electron chi connectivity index (χ1n) is 10.1. The highest BCUT2D eigenvalue weighted by molar-refractivity contribution is 7.18. The third-order valence-electron chi connectivity index (χ3n) is 5.06. The lowest BCUT2D eigenvalue weighted by atomic mass is 10.1. The molecule has 34 heavy (non-hydrogen) atoms. The van der Waals surface area contributed by atoms with Crippen LogP contribution in [0.15, 0.2) is 72.4 Å². The number of benzene rings is 3. The minimum atomic E-state index is -0.918. The van der Waals surface area contributed by atoms with E-state index in [-0.39, 0.29) is 12.4 Å². The molecule has 0 aliphatic rings. The average molecular weight is 498 g/mol. The van der Waals surface area contributed by atoms with Crippen LogP contribution in [0.5, 0.6) is 5.75 Å². The van der Waals surface area contributed by atoms with Crippen molar-refractivity contribution in [2.24, 2.45) is 0 Å². The molecule has 2 heterocycles. The highest BCUT2D eigenvalue weighted by atomic mass is 35.5. The summed E-state index contributed by atoms with van der Waals surface area (Å²) in [4.78, 5) is 8.65. The number of fused-ring (bicyclic) bond motifs is 1. The van der Waals surface area contributed by atoms with Crippen molar-refractivity contribution in [2.45, 2.75) is 6.61 Å². The van der Waals surface area contributed by atoms with Crippen molar-refractivity contribution in [3.05, 3.63) is 100 Å². The van der Waals surface area contributed by atoms with Crippen molar-refractivity contribution in [2.75, 3.05) is 5.32 Å². The maximum absolute atomic E-state index is 13.7. The van der Waals surface area contributed by atoms with Crippen LogP contribution in [0.25, 0.3) is 21.3 Å². The van der Waals surface area contributed by atoms with Crippen LogP contribution in [0.4, 0.5) is 24.7 Å². The minimum Gasteiger partial charge on any atom is -0.487 e. The first kappa shape index (κ1) is 22.2. The van der Waals surface area contributed by atoms with E-state index < -0.39 is 11.6 Å². The predicted molar refractivity (Wildman–Crippen MR) is 128 cm³/mol. The molecule has 4 nitrogen and oxygen atoms in total. The van der Waals surface area contributed by atoms with E-state index in [9.17, 15) is 13.2 Å². The SMILES string of the molecule is Fc1cccc(COc2ccc(Nc3ncnc4c(-c5ccc(F)c(F)c5)csc34)cc2Cl)c1. The van der Waals surface area contributed by atoms with Gasteiger partial charge >= 0.3 is 0 Å². The zero-order valence-corrected chi connectivity index (χ0v) is 18.9. The number of rotatable bonds is 6. The molecule has 5 rings (SSSR count). The van der Waals surface area contributed by atoms with Gasteiger partial charge in [0.25, 0.3) is 0 Å². The number of ether oxygens (including phenoxy) is 1. The highest BCUT2D eigenvalue weighted by Crippen LogP contribution is 2.37. The third-order valence-corrected chi connectivity index (χ3v) is 6.33. The number of aromatic nitrogens is 2. The minimum absolute atomic E-state index is 0.179. The van der Waals surface area contributed by atoms with Crippen molar-refractivity contribution < 1.29 is 17.9 Å². The maximum atomic E-state index is 13.7. The Morgan fingerprint density at radius 1 is 0.941 bits per heavy atom. The lowest BCUT2D eigenvalue weighted by Gasteiger charge is -2.11. The summed E-state index contributed by atoms with van der Waals surface area (Å²) in [5, 5.41) is 5.42. The quantitative estimate of drug-likeness (QED) is 0.260. The van der Waals surface area contributed by atoms with Crippen LogP contribution < -0.4 is 10.1 Å². The van der Waals surface area contributed by atoms with Crippen molar-refractivity contribution in [3.8, 4) is 16.9 Å². The first-order valence-corrected chi connectivity index (χ1v) is 11.3. The Morgan fingerprint density at radius 3 is 2.62 bits per heavy atom. The van der Waals surface area contributed by atoms with E-state index in [0.717, 1.165) is 16.8 Å². The number of hydrogen-bond donors (Lipinski definition) is 1. The van der Waals surface area contributed by atoms with Gasteiger partial charge in [0.15, 0.2) is 17.5 Å². The number of nitrogens with one attached hydrogen (secondary N) is 1. The Kier molecular flexibility index (Phi) is 6.08. The maximum Gasteiger partial charge on any atom is 0.159 e. The molecule has 0 aliphatic heterocycles. The fourth-order valence-electron chi connectivity index (χ4n) is 3.43. The van der Waals surface area contributed by atoms with Crippen LogP contribution in [-0.2, 0) is 6.61 Å². The number of thiophene rings is 1. The second kappa shape index (κ2) is 9.32. The molecule has 3 aromatic carbocycles. The normalized spacial score (nSPS) is 11.1. The molecule has 0 fully saturated rings. The summed E-state index contributed by atoms with van der Waals surface area (Å²) in [5.74, 6) is -1.14. The van der Waals surface area contributed by atoms with Gasteiger partial charge in [-0.2, -0.15) is 0 Å². The van der Waals surface area contributed by atoms with Crippen LogP contribution in [0.2, 0.25) is 5.02 Å². The number of halogens is 4. The van der Waals surface area contributed by atoms with Crippen LogP contribution in [0, 0.1) is 17.5 Å². The second-order valence-electron chi connectivity index (χ2n) is 7.37. The van der Waals surface area contributed by atoms with Gasteiger partial charge in [-0.3, -0.25) is 0 Å². The van der Waals surface area contributed by atoms with E-state index in [4.69, 9.17) is 16.3 Å². The fourth-order valence-corrected chi connectivity index (χ4v) is 4.64. The van der Waals surface area contributed by atoms with E-state index in [1.54, 1.807) is 30.3 Å². The molecular weight excluding hydrogens is 483 g/mol. The summed E-state index contributed by atoms with van der Waals surface area (Å²) in [6, 6.07) is 15.1. The van der Waals surface area contributed by atoms with E-state index >= 15 is 0 Å². The molecule has 1 N–H and O–H groups in total.